The number of methoxy groups -OCH3 is 1. The van der Waals surface area contributed by atoms with Crippen molar-refractivity contribution in [3.8, 4) is 5.75 Å². The summed E-state index contributed by atoms with van der Waals surface area (Å²) < 4.78 is 5.06. The minimum absolute atomic E-state index is 0.235. The van der Waals surface area contributed by atoms with E-state index in [1.54, 1.807) is 36.3 Å². The van der Waals surface area contributed by atoms with Gasteiger partial charge in [0.15, 0.2) is 11.2 Å². The number of aliphatic imine (C=N–C) groups is 1. The lowest BCUT2D eigenvalue weighted by Gasteiger charge is -2.26. The van der Waals surface area contributed by atoms with Crippen molar-refractivity contribution in [3.05, 3.63) is 24.3 Å². The third-order valence-corrected chi connectivity index (χ3v) is 4.10. The number of thioether (sulfide) groups is 1. The van der Waals surface area contributed by atoms with Gasteiger partial charge in [-0.05, 0) is 24.3 Å². The molecule has 0 aliphatic carbocycles. The Morgan fingerprint density at radius 2 is 2.10 bits per heavy atom. The molecular weight excluding hydrogens is 278 g/mol. The monoisotopic (exact) mass is 291 g/mol. The van der Waals surface area contributed by atoms with Crippen LogP contribution in [0.25, 0.3) is 0 Å². The molecule has 0 bridgehead atoms. The van der Waals surface area contributed by atoms with E-state index in [4.69, 9.17) is 4.74 Å². The number of ether oxygens (including phenoxy) is 1. The molecule has 1 aromatic rings. The molecule has 1 aromatic carbocycles. The van der Waals surface area contributed by atoms with E-state index >= 15 is 0 Å². The first-order valence-corrected chi connectivity index (χ1v) is 7.15. The van der Waals surface area contributed by atoms with Crippen LogP contribution in [0.15, 0.2) is 29.3 Å². The summed E-state index contributed by atoms with van der Waals surface area (Å²) in [6.07, 6.45) is 0. The molecule has 20 heavy (non-hydrogen) atoms. The molecule has 7 heteroatoms. The smallest absolute Gasteiger partial charge is 0.280 e. The normalized spacial score (nSPS) is 21.6. The van der Waals surface area contributed by atoms with Gasteiger partial charge in [-0.3, -0.25) is 14.5 Å². The lowest BCUT2D eigenvalue weighted by molar-refractivity contribution is -0.134. The number of benzene rings is 1. The van der Waals surface area contributed by atoms with Gasteiger partial charge in [0, 0.05) is 18.0 Å². The predicted molar refractivity (Wildman–Crippen MR) is 77.0 cm³/mol. The second-order valence-electron chi connectivity index (χ2n) is 4.38. The molecular formula is C13H13N3O3S. The number of rotatable bonds is 3. The highest BCUT2D eigenvalue weighted by atomic mass is 32.2. The molecule has 0 radical (unpaired) electrons. The van der Waals surface area contributed by atoms with Crippen LogP contribution in [0.2, 0.25) is 0 Å². The summed E-state index contributed by atoms with van der Waals surface area (Å²) in [5, 5.41) is 3.45. The molecule has 0 aromatic heterocycles. The summed E-state index contributed by atoms with van der Waals surface area (Å²) in [5.41, 5.74) is 0.683. The van der Waals surface area contributed by atoms with Gasteiger partial charge in [-0.25, -0.2) is 0 Å². The van der Waals surface area contributed by atoms with Gasteiger partial charge in [0.05, 0.1) is 7.11 Å². The third kappa shape index (κ3) is 2.24. The average Bonchev–Trinajstić information content (AvgIpc) is 2.92. The molecule has 6 nitrogen and oxygen atoms in total. The van der Waals surface area contributed by atoms with Crippen molar-refractivity contribution in [2.45, 2.75) is 6.04 Å². The Morgan fingerprint density at radius 3 is 2.80 bits per heavy atom. The maximum absolute atomic E-state index is 12.3. The summed E-state index contributed by atoms with van der Waals surface area (Å²) >= 11 is 1.44. The molecule has 2 heterocycles. The second-order valence-corrected chi connectivity index (χ2v) is 5.44. The maximum atomic E-state index is 12.3. The van der Waals surface area contributed by atoms with Crippen LogP contribution in [-0.2, 0) is 9.59 Å². The van der Waals surface area contributed by atoms with E-state index in [0.717, 1.165) is 5.75 Å². The summed E-state index contributed by atoms with van der Waals surface area (Å²) in [6.45, 7) is 0.608. The Bertz CT molecular complexity index is 585. The van der Waals surface area contributed by atoms with Crippen LogP contribution in [0.5, 0.6) is 5.75 Å². The number of fused-ring (bicyclic) bond motifs is 1. The van der Waals surface area contributed by atoms with Crippen molar-refractivity contribution in [1.29, 1.82) is 0 Å². The molecule has 0 spiro atoms. The number of nitrogens with zero attached hydrogens (tertiary/aromatic N) is 2. The quantitative estimate of drug-likeness (QED) is 0.840. The first-order valence-electron chi connectivity index (χ1n) is 6.16. The molecule has 104 valence electrons. The minimum atomic E-state index is -0.939. The second kappa shape index (κ2) is 5.16. The fourth-order valence-electron chi connectivity index (χ4n) is 2.10. The Balaban J connectivity index is 1.79. The summed E-state index contributed by atoms with van der Waals surface area (Å²) in [6, 6.07) is 6.11. The summed E-state index contributed by atoms with van der Waals surface area (Å²) in [7, 11) is 1.58. The zero-order valence-electron chi connectivity index (χ0n) is 10.8. The molecule has 1 fully saturated rings. The fraction of sp³-hybridized carbons (Fsp3) is 0.308. The third-order valence-electron chi connectivity index (χ3n) is 3.14. The molecule has 3 rings (SSSR count). The number of nitrogens with one attached hydrogen (secondary N) is 1. The van der Waals surface area contributed by atoms with Crippen molar-refractivity contribution in [1.82, 2.24) is 4.90 Å². The molecule has 1 unspecified atom stereocenters. The van der Waals surface area contributed by atoms with Crippen molar-refractivity contribution in [3.63, 3.8) is 0 Å². The Morgan fingerprint density at radius 1 is 1.35 bits per heavy atom. The van der Waals surface area contributed by atoms with Gasteiger partial charge < -0.3 is 10.1 Å². The van der Waals surface area contributed by atoms with Crippen molar-refractivity contribution < 1.29 is 14.3 Å². The van der Waals surface area contributed by atoms with Gasteiger partial charge in [0.25, 0.3) is 11.8 Å². The van der Waals surface area contributed by atoms with Gasteiger partial charge in [-0.2, -0.15) is 4.99 Å². The summed E-state index contributed by atoms with van der Waals surface area (Å²) in [5.74, 6) is 0.827. The fourth-order valence-corrected chi connectivity index (χ4v) is 3.04. The van der Waals surface area contributed by atoms with Crippen molar-refractivity contribution in [2.24, 2.45) is 4.99 Å². The zero-order chi connectivity index (χ0) is 14.1. The standard InChI is InChI=1S/C13H13N3O3S/c1-19-9-4-2-8(3-5-9)14-10-11(17)15-13-16(12(10)18)6-7-20-13/h2-5,10,14H,6-7H2,1H3. The molecule has 2 aliphatic heterocycles. The van der Waals surface area contributed by atoms with Crippen molar-refractivity contribution in [2.75, 3.05) is 24.7 Å². The number of hydrogen-bond acceptors (Lipinski definition) is 5. The Hall–Kier alpha value is -2.02. The Labute approximate surface area is 120 Å². The highest BCUT2D eigenvalue weighted by molar-refractivity contribution is 8.14. The number of amides is 2. The molecule has 1 atom stereocenters. The lowest BCUT2D eigenvalue weighted by atomic mass is 10.2. The first kappa shape index (κ1) is 13.0. The number of anilines is 1. The van der Waals surface area contributed by atoms with Gasteiger partial charge in [0.2, 0.25) is 0 Å². The van der Waals surface area contributed by atoms with E-state index in [0.29, 0.717) is 23.1 Å². The first-order chi connectivity index (χ1) is 9.69. The average molecular weight is 291 g/mol. The van der Waals surface area contributed by atoms with Crippen LogP contribution in [-0.4, -0.2) is 47.3 Å². The number of hydrogen-bond donors (Lipinski definition) is 1. The van der Waals surface area contributed by atoms with Crippen LogP contribution in [0, 0.1) is 0 Å². The largest absolute Gasteiger partial charge is 0.497 e. The van der Waals surface area contributed by atoms with E-state index in [-0.39, 0.29) is 5.91 Å². The highest BCUT2D eigenvalue weighted by Crippen LogP contribution is 2.24. The topological polar surface area (TPSA) is 71.0 Å². The van der Waals surface area contributed by atoms with E-state index in [9.17, 15) is 9.59 Å². The zero-order valence-corrected chi connectivity index (χ0v) is 11.6. The van der Waals surface area contributed by atoms with Crippen LogP contribution < -0.4 is 10.1 Å². The van der Waals surface area contributed by atoms with E-state index in [1.807, 2.05) is 0 Å². The van der Waals surface area contributed by atoms with Gasteiger partial charge in [0.1, 0.15) is 5.75 Å². The molecule has 0 saturated carbocycles. The molecule has 1 N–H and O–H groups in total. The summed E-state index contributed by atoms with van der Waals surface area (Å²) in [4.78, 5) is 29.7. The van der Waals surface area contributed by atoms with E-state index in [1.165, 1.54) is 11.8 Å². The van der Waals surface area contributed by atoms with Crippen molar-refractivity contribution >= 4 is 34.4 Å². The van der Waals surface area contributed by atoms with Gasteiger partial charge in [-0.15, -0.1) is 0 Å². The van der Waals surface area contributed by atoms with E-state index in [2.05, 4.69) is 10.3 Å². The van der Waals surface area contributed by atoms with E-state index < -0.39 is 11.9 Å². The minimum Gasteiger partial charge on any atom is -0.497 e. The molecule has 2 amide bonds. The van der Waals surface area contributed by atoms with Crippen LogP contribution in [0.3, 0.4) is 0 Å². The van der Waals surface area contributed by atoms with Crippen LogP contribution >= 0.6 is 11.8 Å². The molecule has 2 aliphatic rings. The number of amidine groups is 1. The Kier molecular flexibility index (Phi) is 3.35. The SMILES string of the molecule is COc1ccc(NC2C(=O)N=C3SCCN3C2=O)cc1. The van der Waals surface area contributed by atoms with Gasteiger partial charge >= 0.3 is 0 Å². The lowest BCUT2D eigenvalue weighted by Crippen LogP contribution is -2.51. The van der Waals surface area contributed by atoms with Crippen LogP contribution in [0.1, 0.15) is 0 Å². The van der Waals surface area contributed by atoms with Crippen LogP contribution in [0.4, 0.5) is 5.69 Å². The number of carbonyl (C=O) groups is 2. The van der Waals surface area contributed by atoms with Gasteiger partial charge in [-0.1, -0.05) is 11.8 Å². The number of carbonyl (C=O) groups excluding carboxylic acids is 2. The molecule has 1 saturated heterocycles. The predicted octanol–water partition coefficient (Wildman–Crippen LogP) is 0.947. The highest BCUT2D eigenvalue weighted by Gasteiger charge is 2.40. The maximum Gasteiger partial charge on any atom is 0.280 e.